The molecule has 292 valence electrons. The summed E-state index contributed by atoms with van der Waals surface area (Å²) in [4.78, 5) is 0. The molecule has 2 aliphatic heterocycles. The van der Waals surface area contributed by atoms with Crippen LogP contribution in [0.4, 0.5) is 0 Å². The van der Waals surface area contributed by atoms with Gasteiger partial charge < -0.3 is 28.8 Å². The number of hydrogen-bond acceptors (Lipinski definition) is 6. The summed E-state index contributed by atoms with van der Waals surface area (Å²) in [5.41, 5.74) is 0. The Kier molecular flexibility index (Phi) is 26.8. The van der Waals surface area contributed by atoms with Crippen LogP contribution in [0.5, 0.6) is 0 Å². The average molecular weight is 697 g/mol. The molecular formula is C43H84O6. The van der Waals surface area contributed by atoms with Gasteiger partial charge in [0.1, 0.15) is 18.3 Å². The van der Waals surface area contributed by atoms with Gasteiger partial charge in [-0.05, 0) is 40.5 Å². The maximum atomic E-state index is 8.81. The van der Waals surface area contributed by atoms with Gasteiger partial charge in [0.15, 0.2) is 11.6 Å². The number of aliphatic hydroxyl groups excluding tert-OH is 1. The van der Waals surface area contributed by atoms with Crippen LogP contribution in [0.15, 0.2) is 0 Å². The third-order valence-corrected chi connectivity index (χ3v) is 10.6. The van der Waals surface area contributed by atoms with Crippen LogP contribution in [0.1, 0.15) is 220 Å². The number of ether oxygens (including phenoxy) is 5. The fourth-order valence-electron chi connectivity index (χ4n) is 7.65. The zero-order chi connectivity index (χ0) is 35.3. The van der Waals surface area contributed by atoms with Crippen LogP contribution in [-0.2, 0) is 23.7 Å². The van der Waals surface area contributed by atoms with E-state index in [9.17, 15) is 0 Å². The Bertz CT molecular complexity index is 727. The van der Waals surface area contributed by atoms with Gasteiger partial charge in [-0.25, -0.2) is 0 Å². The molecule has 0 aromatic rings. The lowest BCUT2D eigenvalue weighted by Gasteiger charge is -2.23. The minimum atomic E-state index is -0.614. The summed E-state index contributed by atoms with van der Waals surface area (Å²) in [5, 5.41) is 8.81. The molecule has 2 saturated heterocycles. The fourth-order valence-corrected chi connectivity index (χ4v) is 7.65. The molecule has 0 radical (unpaired) electrons. The number of rotatable bonds is 35. The Hall–Kier alpha value is -0.240. The predicted molar refractivity (Wildman–Crippen MR) is 205 cm³/mol. The molecule has 0 spiro atoms. The molecule has 2 rings (SSSR count). The zero-order valence-electron chi connectivity index (χ0n) is 33.3. The van der Waals surface area contributed by atoms with Crippen LogP contribution in [-0.4, -0.2) is 61.4 Å². The standard InChI is InChI=1S/C43H84O6/c1-42(2)46-38-40(47-42)41-39(48-43(3,4)49-41)37-45-36-34-32-30-28-26-24-22-20-18-16-14-12-10-8-6-5-7-9-11-13-15-17-19-21-23-25-27-29-31-33-35-44/h39-41,44H,5-38H2,1-4H3/t39-,40-,41+/m1/s1. The molecule has 0 aromatic heterocycles. The van der Waals surface area contributed by atoms with Gasteiger partial charge in [-0.1, -0.05) is 180 Å². The Balaban J connectivity index is 1.21. The molecule has 0 aromatic carbocycles. The molecule has 6 nitrogen and oxygen atoms in total. The lowest BCUT2D eigenvalue weighted by molar-refractivity contribution is -0.175. The van der Waals surface area contributed by atoms with E-state index in [1.165, 1.54) is 180 Å². The smallest absolute Gasteiger partial charge is 0.164 e. The SMILES string of the molecule is CC1(C)OC[C@H]([C@H]2OC(C)(C)O[C@@H]2COCCCCCCCCCCCCCCCCCCCCCCCCCCCCCCCCO)O1. The first-order valence-electron chi connectivity index (χ1n) is 21.7. The van der Waals surface area contributed by atoms with Crippen molar-refractivity contribution in [2.24, 2.45) is 0 Å². The Morgan fingerprint density at radius 2 is 0.796 bits per heavy atom. The van der Waals surface area contributed by atoms with E-state index in [-0.39, 0.29) is 18.3 Å². The van der Waals surface area contributed by atoms with E-state index in [1.54, 1.807) is 0 Å². The summed E-state index contributed by atoms with van der Waals surface area (Å²) in [6.07, 6.45) is 41.2. The maximum Gasteiger partial charge on any atom is 0.164 e. The largest absolute Gasteiger partial charge is 0.396 e. The van der Waals surface area contributed by atoms with Gasteiger partial charge in [0.2, 0.25) is 0 Å². The first-order valence-corrected chi connectivity index (χ1v) is 21.7. The molecule has 6 heteroatoms. The zero-order valence-corrected chi connectivity index (χ0v) is 33.3. The van der Waals surface area contributed by atoms with Gasteiger partial charge in [-0.15, -0.1) is 0 Å². The van der Waals surface area contributed by atoms with Gasteiger partial charge in [0.25, 0.3) is 0 Å². The molecule has 3 atom stereocenters. The lowest BCUT2D eigenvalue weighted by Crippen LogP contribution is -2.40. The second-order valence-corrected chi connectivity index (χ2v) is 16.4. The molecule has 0 amide bonds. The third-order valence-electron chi connectivity index (χ3n) is 10.6. The molecule has 2 heterocycles. The summed E-state index contributed by atoms with van der Waals surface area (Å²) in [7, 11) is 0. The van der Waals surface area contributed by atoms with Crippen LogP contribution in [0.25, 0.3) is 0 Å². The quantitative estimate of drug-likeness (QED) is 0.0665. The van der Waals surface area contributed by atoms with Crippen molar-refractivity contribution in [3.05, 3.63) is 0 Å². The summed E-state index contributed by atoms with van der Waals surface area (Å²) >= 11 is 0. The van der Waals surface area contributed by atoms with Crippen molar-refractivity contribution >= 4 is 0 Å². The van der Waals surface area contributed by atoms with Crippen LogP contribution in [0, 0.1) is 0 Å². The summed E-state index contributed by atoms with van der Waals surface area (Å²) in [5.74, 6) is -1.18. The average Bonchev–Trinajstić information content (AvgIpc) is 3.59. The normalized spacial score (nSPS) is 21.6. The van der Waals surface area contributed by atoms with Crippen molar-refractivity contribution in [2.75, 3.05) is 26.4 Å². The highest BCUT2D eigenvalue weighted by molar-refractivity contribution is 4.90. The number of aliphatic hydroxyl groups is 1. The molecule has 49 heavy (non-hydrogen) atoms. The maximum absolute atomic E-state index is 8.81. The summed E-state index contributed by atoms with van der Waals surface area (Å²) < 4.78 is 30.1. The second kappa shape index (κ2) is 29.2. The highest BCUT2D eigenvalue weighted by atomic mass is 16.8. The molecule has 0 saturated carbocycles. The van der Waals surface area contributed by atoms with E-state index in [4.69, 9.17) is 28.8 Å². The predicted octanol–water partition coefficient (Wildman–Crippen LogP) is 12.4. The Labute approximate surface area is 304 Å². The summed E-state index contributed by atoms with van der Waals surface area (Å²) in [6.45, 7) is 10.0. The van der Waals surface area contributed by atoms with E-state index in [0.29, 0.717) is 19.8 Å². The molecule has 0 bridgehead atoms. The highest BCUT2D eigenvalue weighted by Gasteiger charge is 2.49. The third kappa shape index (κ3) is 24.6. The lowest BCUT2D eigenvalue weighted by atomic mass is 10.0. The van der Waals surface area contributed by atoms with E-state index < -0.39 is 11.6 Å². The Morgan fingerprint density at radius 1 is 0.449 bits per heavy atom. The van der Waals surface area contributed by atoms with E-state index in [2.05, 4.69) is 0 Å². The van der Waals surface area contributed by atoms with Gasteiger partial charge in [0, 0.05) is 13.2 Å². The second-order valence-electron chi connectivity index (χ2n) is 16.4. The van der Waals surface area contributed by atoms with Gasteiger partial charge in [-0.2, -0.15) is 0 Å². The first-order chi connectivity index (χ1) is 23.8. The van der Waals surface area contributed by atoms with Crippen LogP contribution in [0.3, 0.4) is 0 Å². The van der Waals surface area contributed by atoms with Crippen molar-refractivity contribution in [3.8, 4) is 0 Å². The molecule has 2 fully saturated rings. The molecule has 0 aliphatic carbocycles. The van der Waals surface area contributed by atoms with Gasteiger partial charge >= 0.3 is 0 Å². The highest BCUT2D eigenvalue weighted by Crippen LogP contribution is 2.35. The minimum absolute atomic E-state index is 0.115. The molecular weight excluding hydrogens is 612 g/mol. The Morgan fingerprint density at radius 3 is 1.12 bits per heavy atom. The van der Waals surface area contributed by atoms with E-state index in [1.807, 2.05) is 27.7 Å². The van der Waals surface area contributed by atoms with Crippen LogP contribution >= 0.6 is 0 Å². The minimum Gasteiger partial charge on any atom is -0.396 e. The van der Waals surface area contributed by atoms with Crippen molar-refractivity contribution < 1.29 is 28.8 Å². The number of unbranched alkanes of at least 4 members (excludes halogenated alkanes) is 29. The molecule has 2 aliphatic rings. The monoisotopic (exact) mass is 697 g/mol. The number of hydrogen-bond donors (Lipinski definition) is 1. The van der Waals surface area contributed by atoms with Gasteiger partial charge in [-0.3, -0.25) is 0 Å². The van der Waals surface area contributed by atoms with Crippen molar-refractivity contribution in [1.29, 1.82) is 0 Å². The summed E-state index contributed by atoms with van der Waals surface area (Å²) in [6, 6.07) is 0. The van der Waals surface area contributed by atoms with E-state index in [0.717, 1.165) is 19.4 Å². The van der Waals surface area contributed by atoms with Crippen LogP contribution < -0.4 is 0 Å². The van der Waals surface area contributed by atoms with Crippen LogP contribution in [0.2, 0.25) is 0 Å². The van der Waals surface area contributed by atoms with Crippen molar-refractivity contribution in [3.63, 3.8) is 0 Å². The van der Waals surface area contributed by atoms with Gasteiger partial charge in [0.05, 0.1) is 13.2 Å². The fraction of sp³-hybridized carbons (Fsp3) is 1.00. The molecule has 1 N–H and O–H groups in total. The van der Waals surface area contributed by atoms with Crippen molar-refractivity contribution in [2.45, 2.75) is 250 Å². The van der Waals surface area contributed by atoms with Crippen molar-refractivity contribution in [1.82, 2.24) is 0 Å². The molecule has 0 unspecified atom stereocenters. The van der Waals surface area contributed by atoms with E-state index >= 15 is 0 Å². The first kappa shape index (κ1) is 44.9. The topological polar surface area (TPSA) is 66.4 Å².